The maximum absolute atomic E-state index is 9.73. The molecular weight excluding hydrogens is 240 g/mol. The van der Waals surface area contributed by atoms with Gasteiger partial charge in [0.25, 0.3) is 0 Å². The predicted octanol–water partition coefficient (Wildman–Crippen LogP) is 4.95. The van der Waals surface area contributed by atoms with Gasteiger partial charge in [-0.2, -0.15) is 11.8 Å². The van der Waals surface area contributed by atoms with E-state index in [9.17, 15) is 5.11 Å². The van der Waals surface area contributed by atoms with Gasteiger partial charge in [-0.3, -0.25) is 0 Å². The van der Waals surface area contributed by atoms with Gasteiger partial charge in [0.05, 0.1) is 0 Å². The van der Waals surface area contributed by atoms with Crippen molar-refractivity contribution in [2.24, 2.45) is 0 Å². The van der Waals surface area contributed by atoms with Crippen LogP contribution in [0.3, 0.4) is 0 Å². The van der Waals surface area contributed by atoms with Gasteiger partial charge in [0.2, 0.25) is 0 Å². The van der Waals surface area contributed by atoms with Gasteiger partial charge in [0.1, 0.15) is 5.75 Å². The summed E-state index contributed by atoms with van der Waals surface area (Å²) in [6.45, 7) is 4.33. The first kappa shape index (κ1) is 15.4. The summed E-state index contributed by atoms with van der Waals surface area (Å²) in [7, 11) is 0. The number of thioether (sulfide) groups is 1. The van der Waals surface area contributed by atoms with E-state index in [4.69, 9.17) is 0 Å². The molecule has 1 nitrogen and oxygen atoms in total. The maximum Gasteiger partial charge on any atom is 0.118 e. The minimum atomic E-state index is 0.452. The lowest BCUT2D eigenvalue weighted by Gasteiger charge is -2.06. The summed E-state index contributed by atoms with van der Waals surface area (Å²) in [5.74, 6) is 2.95. The van der Waals surface area contributed by atoms with Crippen molar-refractivity contribution in [1.82, 2.24) is 0 Å². The van der Waals surface area contributed by atoms with Crippen molar-refractivity contribution >= 4 is 11.8 Å². The smallest absolute Gasteiger partial charge is 0.118 e. The topological polar surface area (TPSA) is 20.2 Å². The molecule has 1 N–H and O–H groups in total. The SMILES string of the molecule is CCCCCCSCCCc1cc(C)ccc1O. The van der Waals surface area contributed by atoms with Gasteiger partial charge in [0.15, 0.2) is 0 Å². The number of unbranched alkanes of at least 4 members (excludes halogenated alkanes) is 3. The Morgan fingerprint density at radius 1 is 1.06 bits per heavy atom. The van der Waals surface area contributed by atoms with E-state index in [1.807, 2.05) is 12.1 Å². The number of hydrogen-bond acceptors (Lipinski definition) is 2. The lowest BCUT2D eigenvalue weighted by atomic mass is 10.1. The number of aromatic hydroxyl groups is 1. The Kier molecular flexibility index (Phi) is 7.99. The zero-order valence-electron chi connectivity index (χ0n) is 11.7. The van der Waals surface area contributed by atoms with E-state index in [1.165, 1.54) is 42.8 Å². The van der Waals surface area contributed by atoms with E-state index in [0.29, 0.717) is 5.75 Å². The fourth-order valence-electron chi connectivity index (χ4n) is 2.01. The molecule has 1 rings (SSSR count). The first-order chi connectivity index (χ1) is 8.74. The van der Waals surface area contributed by atoms with Crippen LogP contribution >= 0.6 is 11.8 Å². The van der Waals surface area contributed by atoms with Crippen LogP contribution in [-0.2, 0) is 6.42 Å². The molecular formula is C16H26OS. The van der Waals surface area contributed by atoms with Crippen molar-refractivity contribution in [1.29, 1.82) is 0 Å². The van der Waals surface area contributed by atoms with Crippen LogP contribution in [-0.4, -0.2) is 16.6 Å². The van der Waals surface area contributed by atoms with Gasteiger partial charge in [-0.25, -0.2) is 0 Å². The molecule has 0 aliphatic rings. The lowest BCUT2D eigenvalue weighted by molar-refractivity contribution is 0.467. The zero-order chi connectivity index (χ0) is 13.2. The highest BCUT2D eigenvalue weighted by atomic mass is 32.2. The molecule has 0 heterocycles. The quantitative estimate of drug-likeness (QED) is 0.638. The van der Waals surface area contributed by atoms with Crippen LogP contribution < -0.4 is 0 Å². The van der Waals surface area contributed by atoms with Crippen molar-refractivity contribution in [2.45, 2.75) is 52.4 Å². The number of benzene rings is 1. The molecule has 0 atom stereocenters. The maximum atomic E-state index is 9.73. The summed E-state index contributed by atoms with van der Waals surface area (Å²) in [5, 5.41) is 9.73. The number of aryl methyl sites for hydroxylation is 2. The molecule has 0 aliphatic heterocycles. The number of rotatable bonds is 9. The third kappa shape index (κ3) is 6.34. The van der Waals surface area contributed by atoms with Gasteiger partial charge in [-0.1, -0.05) is 43.9 Å². The Labute approximate surface area is 116 Å². The number of phenolic OH excluding ortho intramolecular Hbond substituents is 1. The van der Waals surface area contributed by atoms with Crippen LogP contribution in [0, 0.1) is 6.92 Å². The van der Waals surface area contributed by atoms with E-state index in [1.54, 1.807) is 0 Å². The predicted molar refractivity (Wildman–Crippen MR) is 82.6 cm³/mol. The van der Waals surface area contributed by atoms with Gasteiger partial charge >= 0.3 is 0 Å². The van der Waals surface area contributed by atoms with Crippen molar-refractivity contribution < 1.29 is 5.11 Å². The molecule has 0 amide bonds. The molecule has 0 saturated carbocycles. The zero-order valence-corrected chi connectivity index (χ0v) is 12.6. The normalized spacial score (nSPS) is 10.8. The first-order valence-electron chi connectivity index (χ1n) is 7.10. The Balaban J connectivity index is 2.09. The summed E-state index contributed by atoms with van der Waals surface area (Å²) in [6, 6.07) is 5.87. The molecule has 0 unspecified atom stereocenters. The third-order valence-electron chi connectivity index (χ3n) is 3.11. The number of hydrogen-bond donors (Lipinski definition) is 1. The minimum Gasteiger partial charge on any atom is -0.508 e. The molecule has 0 aromatic heterocycles. The van der Waals surface area contributed by atoms with Crippen LogP contribution in [0.15, 0.2) is 18.2 Å². The fraction of sp³-hybridized carbons (Fsp3) is 0.625. The molecule has 1 aromatic carbocycles. The Morgan fingerprint density at radius 2 is 1.83 bits per heavy atom. The van der Waals surface area contributed by atoms with Crippen molar-refractivity contribution in [3.05, 3.63) is 29.3 Å². The lowest BCUT2D eigenvalue weighted by Crippen LogP contribution is -1.91. The van der Waals surface area contributed by atoms with Crippen LogP contribution in [0.25, 0.3) is 0 Å². The van der Waals surface area contributed by atoms with E-state index in [-0.39, 0.29) is 0 Å². The first-order valence-corrected chi connectivity index (χ1v) is 8.25. The van der Waals surface area contributed by atoms with Crippen molar-refractivity contribution in [2.75, 3.05) is 11.5 Å². The van der Waals surface area contributed by atoms with E-state index in [2.05, 4.69) is 31.7 Å². The van der Waals surface area contributed by atoms with Crippen LogP contribution in [0.1, 0.15) is 50.2 Å². The van der Waals surface area contributed by atoms with Gasteiger partial charge < -0.3 is 5.11 Å². The molecule has 1 aromatic rings. The van der Waals surface area contributed by atoms with Crippen molar-refractivity contribution in [3.8, 4) is 5.75 Å². The largest absolute Gasteiger partial charge is 0.508 e. The second-order valence-corrected chi connectivity index (χ2v) is 6.13. The average molecular weight is 266 g/mol. The standard InChI is InChI=1S/C16H26OS/c1-3-4-5-6-11-18-12-7-8-15-13-14(2)9-10-16(15)17/h9-10,13,17H,3-8,11-12H2,1-2H3. The summed E-state index contributed by atoms with van der Waals surface area (Å²) < 4.78 is 0. The van der Waals surface area contributed by atoms with Gasteiger partial charge in [-0.05, 0) is 49.3 Å². The minimum absolute atomic E-state index is 0.452. The van der Waals surface area contributed by atoms with Crippen molar-refractivity contribution in [3.63, 3.8) is 0 Å². The highest BCUT2D eigenvalue weighted by molar-refractivity contribution is 7.99. The average Bonchev–Trinajstić information content (AvgIpc) is 2.36. The highest BCUT2D eigenvalue weighted by Crippen LogP contribution is 2.20. The van der Waals surface area contributed by atoms with E-state index >= 15 is 0 Å². The summed E-state index contributed by atoms with van der Waals surface area (Å²) in [4.78, 5) is 0. The van der Waals surface area contributed by atoms with E-state index < -0.39 is 0 Å². The molecule has 102 valence electrons. The van der Waals surface area contributed by atoms with Gasteiger partial charge in [-0.15, -0.1) is 0 Å². The van der Waals surface area contributed by atoms with Gasteiger partial charge in [0, 0.05) is 0 Å². The second-order valence-electron chi connectivity index (χ2n) is 4.91. The molecule has 0 fully saturated rings. The second kappa shape index (κ2) is 9.32. The van der Waals surface area contributed by atoms with Crippen LogP contribution in [0.2, 0.25) is 0 Å². The summed E-state index contributed by atoms with van der Waals surface area (Å²) in [5.41, 5.74) is 2.33. The Hall–Kier alpha value is -0.630. The molecule has 0 radical (unpaired) electrons. The highest BCUT2D eigenvalue weighted by Gasteiger charge is 2.01. The Bertz CT molecular complexity index is 336. The van der Waals surface area contributed by atoms with Crippen LogP contribution in [0.4, 0.5) is 0 Å². The van der Waals surface area contributed by atoms with Crippen LogP contribution in [0.5, 0.6) is 5.75 Å². The summed E-state index contributed by atoms with van der Waals surface area (Å²) in [6.07, 6.45) is 7.58. The third-order valence-corrected chi connectivity index (χ3v) is 4.27. The summed E-state index contributed by atoms with van der Waals surface area (Å²) >= 11 is 2.05. The monoisotopic (exact) mass is 266 g/mol. The molecule has 2 heteroatoms. The molecule has 0 bridgehead atoms. The number of phenols is 1. The molecule has 0 saturated heterocycles. The Morgan fingerprint density at radius 3 is 2.61 bits per heavy atom. The molecule has 0 spiro atoms. The molecule has 0 aliphatic carbocycles. The van der Waals surface area contributed by atoms with E-state index in [0.717, 1.165) is 18.4 Å². The fourth-order valence-corrected chi connectivity index (χ4v) is 2.97. The molecule has 18 heavy (non-hydrogen) atoms.